The van der Waals surface area contributed by atoms with Crippen LogP contribution in [0.5, 0.6) is 0 Å². The van der Waals surface area contributed by atoms with E-state index in [0.29, 0.717) is 6.54 Å². The molecule has 1 heterocycles. The van der Waals surface area contributed by atoms with Gasteiger partial charge in [-0.1, -0.05) is 60.7 Å². The second-order valence-electron chi connectivity index (χ2n) is 6.12. The van der Waals surface area contributed by atoms with Gasteiger partial charge in [0.2, 0.25) is 5.91 Å². The van der Waals surface area contributed by atoms with E-state index in [1.807, 2.05) is 60.7 Å². The lowest BCUT2D eigenvalue weighted by molar-refractivity contribution is -0.162. The summed E-state index contributed by atoms with van der Waals surface area (Å²) in [4.78, 5) is 26.3. The highest BCUT2D eigenvalue weighted by Crippen LogP contribution is 2.28. The predicted octanol–water partition coefficient (Wildman–Crippen LogP) is 1.94. The zero-order chi connectivity index (χ0) is 17.6. The van der Waals surface area contributed by atoms with Gasteiger partial charge in [-0.05, 0) is 17.5 Å². The molecule has 1 saturated heterocycles. The zero-order valence-electron chi connectivity index (χ0n) is 14.2. The molecule has 0 spiro atoms. The molecule has 1 aliphatic rings. The van der Waals surface area contributed by atoms with E-state index >= 15 is 0 Å². The highest BCUT2D eigenvalue weighted by molar-refractivity contribution is 5.86. The van der Waals surface area contributed by atoms with Crippen molar-refractivity contribution in [2.24, 2.45) is 0 Å². The number of amides is 2. The maximum atomic E-state index is 12.7. The molecule has 25 heavy (non-hydrogen) atoms. The zero-order valence-corrected chi connectivity index (χ0v) is 14.2. The van der Waals surface area contributed by atoms with E-state index < -0.39 is 12.1 Å². The lowest BCUT2D eigenvalue weighted by Gasteiger charge is -2.38. The number of carbonyl (C=O) groups is 2. The summed E-state index contributed by atoms with van der Waals surface area (Å²) < 4.78 is 5.59. The second-order valence-corrected chi connectivity index (χ2v) is 6.12. The Kier molecular flexibility index (Phi) is 5.46. The van der Waals surface area contributed by atoms with Crippen LogP contribution in [-0.2, 0) is 20.7 Å². The van der Waals surface area contributed by atoms with Gasteiger partial charge < -0.3 is 15.0 Å². The van der Waals surface area contributed by atoms with Gasteiger partial charge in [0.15, 0.2) is 6.10 Å². The lowest BCUT2D eigenvalue weighted by Crippen LogP contribution is -2.53. The predicted molar refractivity (Wildman–Crippen MR) is 94.8 cm³/mol. The van der Waals surface area contributed by atoms with Gasteiger partial charge in [-0.15, -0.1) is 0 Å². The summed E-state index contributed by atoms with van der Waals surface area (Å²) in [7, 11) is 1.72. The fraction of sp³-hybridized carbons (Fsp3) is 0.300. The molecule has 0 aromatic heterocycles. The minimum absolute atomic E-state index is 0.0728. The molecule has 1 aliphatic heterocycles. The normalized spacial score (nSPS) is 20.4. The van der Waals surface area contributed by atoms with E-state index in [1.54, 1.807) is 11.9 Å². The van der Waals surface area contributed by atoms with Gasteiger partial charge in [0.25, 0.3) is 5.91 Å². The van der Waals surface area contributed by atoms with Crippen molar-refractivity contribution in [3.8, 4) is 0 Å². The van der Waals surface area contributed by atoms with E-state index in [1.165, 1.54) is 5.56 Å². The molecular formula is C20H22N2O3. The van der Waals surface area contributed by atoms with Gasteiger partial charge in [-0.25, -0.2) is 0 Å². The summed E-state index contributed by atoms with van der Waals surface area (Å²) in [6.45, 7) is 0.457. The highest BCUT2D eigenvalue weighted by atomic mass is 16.5. The van der Waals surface area contributed by atoms with Crippen molar-refractivity contribution in [2.75, 3.05) is 20.2 Å². The van der Waals surface area contributed by atoms with Crippen LogP contribution in [-0.4, -0.2) is 43.0 Å². The van der Waals surface area contributed by atoms with E-state index in [-0.39, 0.29) is 18.4 Å². The maximum Gasteiger partial charge on any atom is 0.251 e. The molecule has 0 unspecified atom stereocenters. The van der Waals surface area contributed by atoms with E-state index in [0.717, 1.165) is 12.0 Å². The Bertz CT molecular complexity index is 718. The van der Waals surface area contributed by atoms with Crippen LogP contribution in [0.25, 0.3) is 0 Å². The SMILES string of the molecule is CN1C(=O)CO[C@H](C(=O)NCCc2ccccc2)[C@H]1c1ccccc1. The summed E-state index contributed by atoms with van der Waals surface area (Å²) in [5.41, 5.74) is 2.06. The average molecular weight is 338 g/mol. The van der Waals surface area contributed by atoms with Crippen LogP contribution < -0.4 is 5.32 Å². The van der Waals surface area contributed by atoms with Crippen LogP contribution in [0.4, 0.5) is 0 Å². The minimum atomic E-state index is -0.708. The van der Waals surface area contributed by atoms with E-state index in [2.05, 4.69) is 5.32 Å². The third-order valence-electron chi connectivity index (χ3n) is 4.44. The Labute approximate surface area is 147 Å². The highest BCUT2D eigenvalue weighted by Gasteiger charge is 2.39. The second kappa shape index (κ2) is 7.94. The summed E-state index contributed by atoms with van der Waals surface area (Å²) in [6, 6.07) is 19.1. The quantitative estimate of drug-likeness (QED) is 0.906. The van der Waals surface area contributed by atoms with Crippen molar-refractivity contribution in [3.05, 3.63) is 71.8 Å². The topological polar surface area (TPSA) is 58.6 Å². The Morgan fingerprint density at radius 3 is 2.44 bits per heavy atom. The number of rotatable bonds is 5. The first-order chi connectivity index (χ1) is 12.2. The average Bonchev–Trinajstić information content (AvgIpc) is 2.65. The Morgan fingerprint density at radius 2 is 1.76 bits per heavy atom. The lowest BCUT2D eigenvalue weighted by atomic mass is 9.97. The van der Waals surface area contributed by atoms with E-state index in [4.69, 9.17) is 4.74 Å². The van der Waals surface area contributed by atoms with Gasteiger partial charge >= 0.3 is 0 Å². The number of likely N-dealkylation sites (N-methyl/N-ethyl adjacent to an activating group) is 1. The van der Waals surface area contributed by atoms with Crippen molar-refractivity contribution in [1.29, 1.82) is 0 Å². The number of benzene rings is 2. The largest absolute Gasteiger partial charge is 0.356 e. The first-order valence-electron chi connectivity index (χ1n) is 8.40. The van der Waals surface area contributed by atoms with Crippen LogP contribution in [0.3, 0.4) is 0 Å². The fourth-order valence-corrected chi connectivity index (χ4v) is 3.06. The molecule has 130 valence electrons. The first-order valence-corrected chi connectivity index (χ1v) is 8.40. The maximum absolute atomic E-state index is 12.7. The van der Waals surface area contributed by atoms with Gasteiger partial charge in [-0.2, -0.15) is 0 Å². The van der Waals surface area contributed by atoms with Crippen molar-refractivity contribution in [2.45, 2.75) is 18.6 Å². The summed E-state index contributed by atoms with van der Waals surface area (Å²) in [5.74, 6) is -0.314. The smallest absolute Gasteiger partial charge is 0.251 e. The summed E-state index contributed by atoms with van der Waals surface area (Å²) in [6.07, 6.45) is 0.0465. The first kappa shape index (κ1) is 17.2. The monoisotopic (exact) mass is 338 g/mol. The van der Waals surface area contributed by atoms with Gasteiger partial charge in [0.05, 0.1) is 6.04 Å². The standard InChI is InChI=1S/C20H22N2O3/c1-22-17(23)14-25-19(18(22)16-10-6-3-7-11-16)20(24)21-13-12-15-8-4-2-5-9-15/h2-11,18-19H,12-14H2,1H3,(H,21,24)/t18-,19+/m1/s1. The minimum Gasteiger partial charge on any atom is -0.356 e. The Balaban J connectivity index is 1.67. The van der Waals surface area contributed by atoms with Crippen LogP contribution >= 0.6 is 0 Å². The van der Waals surface area contributed by atoms with E-state index in [9.17, 15) is 9.59 Å². The molecule has 2 aromatic rings. The molecule has 1 N–H and O–H groups in total. The van der Waals surface area contributed by atoms with Crippen molar-refractivity contribution >= 4 is 11.8 Å². The number of morpholine rings is 1. The fourth-order valence-electron chi connectivity index (χ4n) is 3.06. The van der Waals surface area contributed by atoms with Crippen LogP contribution in [0.2, 0.25) is 0 Å². The molecule has 0 saturated carbocycles. The van der Waals surface area contributed by atoms with Crippen molar-refractivity contribution < 1.29 is 14.3 Å². The van der Waals surface area contributed by atoms with Crippen LogP contribution in [0.15, 0.2) is 60.7 Å². The third-order valence-corrected chi connectivity index (χ3v) is 4.44. The summed E-state index contributed by atoms with van der Waals surface area (Å²) >= 11 is 0. The molecule has 3 rings (SSSR count). The summed E-state index contributed by atoms with van der Waals surface area (Å²) in [5, 5.41) is 2.93. The Hall–Kier alpha value is -2.66. The number of nitrogens with one attached hydrogen (secondary N) is 1. The van der Waals surface area contributed by atoms with Gasteiger partial charge in [0, 0.05) is 13.6 Å². The number of nitrogens with zero attached hydrogens (tertiary/aromatic N) is 1. The molecule has 0 bridgehead atoms. The number of ether oxygens (including phenoxy) is 1. The Morgan fingerprint density at radius 1 is 1.12 bits per heavy atom. The molecule has 0 aliphatic carbocycles. The van der Waals surface area contributed by atoms with Gasteiger partial charge in [-0.3, -0.25) is 9.59 Å². The van der Waals surface area contributed by atoms with Crippen molar-refractivity contribution in [1.82, 2.24) is 10.2 Å². The molecule has 2 aromatic carbocycles. The molecule has 2 atom stereocenters. The van der Waals surface area contributed by atoms with Crippen LogP contribution in [0, 0.1) is 0 Å². The van der Waals surface area contributed by atoms with Crippen LogP contribution in [0.1, 0.15) is 17.2 Å². The molecule has 5 nitrogen and oxygen atoms in total. The third kappa shape index (κ3) is 4.06. The molecule has 0 radical (unpaired) electrons. The molecule has 1 fully saturated rings. The molecule has 5 heteroatoms. The molecule has 2 amide bonds. The number of carbonyl (C=O) groups excluding carboxylic acids is 2. The molecular weight excluding hydrogens is 316 g/mol. The number of hydrogen-bond donors (Lipinski definition) is 1. The van der Waals surface area contributed by atoms with Crippen molar-refractivity contribution in [3.63, 3.8) is 0 Å². The van der Waals surface area contributed by atoms with Gasteiger partial charge in [0.1, 0.15) is 6.61 Å². The number of hydrogen-bond acceptors (Lipinski definition) is 3.